The van der Waals surface area contributed by atoms with Crippen molar-refractivity contribution in [3.8, 4) is 0 Å². The van der Waals surface area contributed by atoms with Crippen molar-refractivity contribution >= 4 is 27.5 Å². The van der Waals surface area contributed by atoms with E-state index in [0.29, 0.717) is 12.1 Å². The standard InChI is InChI=1S/C18H19N3O4S/c22-17-8-11-26(24,25)21(17)16-7-1-6-15(12-16)18(23)20-10-3-5-14-4-2-9-19-13-14/h1-2,4,6-7,9,12-13H,3,5,8,10-11H2,(H,20,23). The van der Waals surface area contributed by atoms with Crippen LogP contribution in [0.5, 0.6) is 0 Å². The zero-order valence-electron chi connectivity index (χ0n) is 14.1. The molecule has 8 heteroatoms. The first-order valence-corrected chi connectivity index (χ1v) is 9.91. The molecule has 0 bridgehead atoms. The normalized spacial score (nSPS) is 15.8. The van der Waals surface area contributed by atoms with Gasteiger partial charge in [-0.25, -0.2) is 12.7 Å². The topological polar surface area (TPSA) is 96.4 Å². The molecular formula is C18H19N3O4S. The fourth-order valence-corrected chi connectivity index (χ4v) is 4.24. The van der Waals surface area contributed by atoms with Crippen LogP contribution in [0, 0.1) is 0 Å². The predicted molar refractivity (Wildman–Crippen MR) is 97.2 cm³/mol. The monoisotopic (exact) mass is 373 g/mol. The number of carbonyl (C=O) groups excluding carboxylic acids is 2. The first kappa shape index (κ1) is 18.1. The number of aryl methyl sites for hydroxylation is 1. The Balaban J connectivity index is 1.61. The van der Waals surface area contributed by atoms with E-state index >= 15 is 0 Å². The minimum atomic E-state index is -3.64. The van der Waals surface area contributed by atoms with Gasteiger partial charge in [0.25, 0.3) is 5.91 Å². The van der Waals surface area contributed by atoms with Crippen LogP contribution >= 0.6 is 0 Å². The molecule has 7 nitrogen and oxygen atoms in total. The second-order valence-electron chi connectivity index (χ2n) is 6.00. The maximum Gasteiger partial charge on any atom is 0.251 e. The lowest BCUT2D eigenvalue weighted by molar-refractivity contribution is -0.116. The van der Waals surface area contributed by atoms with Crippen LogP contribution in [0.15, 0.2) is 48.8 Å². The van der Waals surface area contributed by atoms with E-state index in [2.05, 4.69) is 10.3 Å². The Morgan fingerprint density at radius 3 is 2.77 bits per heavy atom. The van der Waals surface area contributed by atoms with Crippen molar-refractivity contribution in [3.05, 3.63) is 59.9 Å². The highest BCUT2D eigenvalue weighted by Gasteiger charge is 2.36. The second kappa shape index (κ2) is 7.65. The third-order valence-electron chi connectivity index (χ3n) is 4.07. The van der Waals surface area contributed by atoms with Gasteiger partial charge in [0.05, 0.1) is 11.4 Å². The number of nitrogens with zero attached hydrogens (tertiary/aromatic N) is 2. The van der Waals surface area contributed by atoms with Crippen LogP contribution in [0.3, 0.4) is 0 Å². The molecule has 1 aliphatic rings. The number of nitrogens with one attached hydrogen (secondary N) is 1. The van der Waals surface area contributed by atoms with Crippen LogP contribution in [0.25, 0.3) is 0 Å². The average Bonchev–Trinajstić information content (AvgIpc) is 2.92. The summed E-state index contributed by atoms with van der Waals surface area (Å²) in [6.45, 7) is 0.485. The minimum Gasteiger partial charge on any atom is -0.352 e. The van der Waals surface area contributed by atoms with Crippen molar-refractivity contribution in [2.45, 2.75) is 19.3 Å². The molecule has 1 aromatic heterocycles. The van der Waals surface area contributed by atoms with Crippen molar-refractivity contribution in [2.24, 2.45) is 0 Å². The van der Waals surface area contributed by atoms with E-state index in [-0.39, 0.29) is 23.8 Å². The largest absolute Gasteiger partial charge is 0.352 e. The number of hydrogen-bond acceptors (Lipinski definition) is 5. The summed E-state index contributed by atoms with van der Waals surface area (Å²) in [6, 6.07) is 9.95. The average molecular weight is 373 g/mol. The molecule has 0 radical (unpaired) electrons. The number of amides is 2. The number of hydrogen-bond donors (Lipinski definition) is 1. The Morgan fingerprint density at radius 1 is 1.23 bits per heavy atom. The molecule has 1 aromatic carbocycles. The number of anilines is 1. The Hall–Kier alpha value is -2.74. The Kier molecular flexibility index (Phi) is 5.32. The number of rotatable bonds is 6. The molecule has 0 saturated carbocycles. The lowest BCUT2D eigenvalue weighted by Crippen LogP contribution is -2.30. The van der Waals surface area contributed by atoms with E-state index in [4.69, 9.17) is 0 Å². The molecule has 1 N–H and O–H groups in total. The van der Waals surface area contributed by atoms with Crippen molar-refractivity contribution < 1.29 is 18.0 Å². The summed E-state index contributed by atoms with van der Waals surface area (Å²) < 4.78 is 24.8. The van der Waals surface area contributed by atoms with E-state index < -0.39 is 15.9 Å². The highest BCUT2D eigenvalue weighted by molar-refractivity contribution is 7.94. The van der Waals surface area contributed by atoms with E-state index in [1.165, 1.54) is 12.1 Å². The number of benzene rings is 1. The molecule has 2 aromatic rings. The Bertz CT molecular complexity index is 913. The molecule has 1 fully saturated rings. The fourth-order valence-electron chi connectivity index (χ4n) is 2.78. The molecule has 136 valence electrons. The van der Waals surface area contributed by atoms with E-state index in [1.54, 1.807) is 24.5 Å². The van der Waals surface area contributed by atoms with Gasteiger partial charge in [0.2, 0.25) is 15.9 Å². The van der Waals surface area contributed by atoms with Crippen LogP contribution in [-0.2, 0) is 21.2 Å². The fraction of sp³-hybridized carbons (Fsp3) is 0.278. The molecule has 26 heavy (non-hydrogen) atoms. The summed E-state index contributed by atoms with van der Waals surface area (Å²) in [5, 5.41) is 2.81. The Labute approximate surface area is 152 Å². The van der Waals surface area contributed by atoms with Crippen LogP contribution in [-0.4, -0.2) is 37.5 Å². The predicted octanol–water partition coefficient (Wildman–Crippen LogP) is 1.51. The van der Waals surface area contributed by atoms with Gasteiger partial charge in [-0.15, -0.1) is 0 Å². The summed E-state index contributed by atoms with van der Waals surface area (Å²) >= 11 is 0. The molecule has 0 atom stereocenters. The van der Waals surface area contributed by atoms with Gasteiger partial charge in [-0.3, -0.25) is 14.6 Å². The smallest absolute Gasteiger partial charge is 0.251 e. The molecule has 2 heterocycles. The van der Waals surface area contributed by atoms with Crippen molar-refractivity contribution in [2.75, 3.05) is 16.6 Å². The molecular weight excluding hydrogens is 354 g/mol. The number of carbonyl (C=O) groups is 2. The summed E-state index contributed by atoms with van der Waals surface area (Å²) in [4.78, 5) is 28.2. The summed E-state index contributed by atoms with van der Waals surface area (Å²) in [6.07, 6.45) is 5.03. The second-order valence-corrected chi connectivity index (χ2v) is 7.93. The van der Waals surface area contributed by atoms with Crippen LogP contribution in [0.4, 0.5) is 5.69 Å². The first-order valence-electron chi connectivity index (χ1n) is 8.30. The van der Waals surface area contributed by atoms with Crippen molar-refractivity contribution in [3.63, 3.8) is 0 Å². The zero-order valence-corrected chi connectivity index (χ0v) is 14.9. The highest BCUT2D eigenvalue weighted by Crippen LogP contribution is 2.25. The molecule has 3 rings (SSSR count). The Morgan fingerprint density at radius 2 is 2.08 bits per heavy atom. The molecule has 2 amide bonds. The first-order chi connectivity index (χ1) is 12.5. The van der Waals surface area contributed by atoms with Gasteiger partial charge in [-0.2, -0.15) is 0 Å². The molecule has 1 saturated heterocycles. The zero-order chi connectivity index (χ0) is 18.6. The SMILES string of the molecule is O=C(NCCCc1cccnc1)c1cccc(N2C(=O)CCS2(=O)=O)c1. The summed E-state index contributed by atoms with van der Waals surface area (Å²) in [7, 11) is -3.64. The molecule has 1 aliphatic heterocycles. The summed E-state index contributed by atoms with van der Waals surface area (Å²) in [5.41, 5.74) is 1.62. The van der Waals surface area contributed by atoms with Gasteiger partial charge < -0.3 is 5.32 Å². The lowest BCUT2D eigenvalue weighted by Gasteiger charge is -2.15. The minimum absolute atomic E-state index is 0.0346. The molecule has 0 spiro atoms. The maximum atomic E-state index is 12.3. The third kappa shape index (κ3) is 4.08. The van der Waals surface area contributed by atoms with Gasteiger partial charge >= 0.3 is 0 Å². The van der Waals surface area contributed by atoms with Crippen LogP contribution < -0.4 is 9.62 Å². The highest BCUT2D eigenvalue weighted by atomic mass is 32.2. The number of pyridine rings is 1. The van der Waals surface area contributed by atoms with Crippen molar-refractivity contribution in [1.29, 1.82) is 0 Å². The van der Waals surface area contributed by atoms with E-state index in [0.717, 1.165) is 22.7 Å². The van der Waals surface area contributed by atoms with Gasteiger partial charge in [-0.1, -0.05) is 12.1 Å². The number of aromatic nitrogens is 1. The van der Waals surface area contributed by atoms with Crippen molar-refractivity contribution in [1.82, 2.24) is 10.3 Å². The summed E-state index contributed by atoms with van der Waals surface area (Å²) in [5.74, 6) is -0.975. The lowest BCUT2D eigenvalue weighted by atomic mass is 10.1. The van der Waals surface area contributed by atoms with Crippen LogP contribution in [0.2, 0.25) is 0 Å². The van der Waals surface area contributed by atoms with E-state index in [9.17, 15) is 18.0 Å². The van der Waals surface area contributed by atoms with Gasteiger partial charge in [0, 0.05) is 30.9 Å². The third-order valence-corrected chi connectivity index (χ3v) is 5.76. The van der Waals surface area contributed by atoms with Gasteiger partial charge in [-0.05, 0) is 42.7 Å². The molecule has 0 aliphatic carbocycles. The molecule has 0 unspecified atom stereocenters. The quantitative estimate of drug-likeness (QED) is 0.774. The van der Waals surface area contributed by atoms with E-state index in [1.807, 2.05) is 12.1 Å². The van der Waals surface area contributed by atoms with Gasteiger partial charge in [0.15, 0.2) is 0 Å². The van der Waals surface area contributed by atoms with Crippen LogP contribution in [0.1, 0.15) is 28.8 Å². The maximum absolute atomic E-state index is 12.3. The number of sulfonamides is 1. The van der Waals surface area contributed by atoms with Gasteiger partial charge in [0.1, 0.15) is 0 Å².